The lowest BCUT2D eigenvalue weighted by Gasteiger charge is -2.36. The largest absolute Gasteiger partial charge is 0.332 e. The number of hydrogen-bond acceptors (Lipinski definition) is 3. The summed E-state index contributed by atoms with van der Waals surface area (Å²) in [7, 11) is 0. The van der Waals surface area contributed by atoms with Gasteiger partial charge in [-0.15, -0.1) is 0 Å². The SMILES string of the molecule is CC1(C)CC(=O)N(c2ccc(C#N)cc2)C(=O)N1. The Kier molecular flexibility index (Phi) is 2.79. The van der Waals surface area contributed by atoms with Crippen molar-refractivity contribution in [1.29, 1.82) is 5.26 Å². The Morgan fingerprint density at radius 1 is 1.28 bits per heavy atom. The molecule has 92 valence electrons. The molecular formula is C13H13N3O2. The fraction of sp³-hybridized carbons (Fsp3) is 0.308. The van der Waals surface area contributed by atoms with Crippen molar-refractivity contribution in [3.63, 3.8) is 0 Å². The molecule has 18 heavy (non-hydrogen) atoms. The molecule has 1 aliphatic rings. The molecule has 1 saturated heterocycles. The van der Waals surface area contributed by atoms with Gasteiger partial charge in [0.15, 0.2) is 0 Å². The van der Waals surface area contributed by atoms with Gasteiger partial charge in [-0.3, -0.25) is 4.79 Å². The second kappa shape index (κ2) is 4.15. The van der Waals surface area contributed by atoms with Crippen LogP contribution in [0.15, 0.2) is 24.3 Å². The average Bonchev–Trinajstić information content (AvgIpc) is 2.27. The molecule has 0 atom stereocenters. The third-order valence-electron chi connectivity index (χ3n) is 2.75. The first-order valence-corrected chi connectivity index (χ1v) is 5.58. The standard InChI is InChI=1S/C13H13N3O2/c1-13(2)7-11(17)16(12(18)15-13)10-5-3-9(8-14)4-6-10/h3-6H,7H2,1-2H3,(H,15,18). The van der Waals surface area contributed by atoms with E-state index < -0.39 is 11.6 Å². The van der Waals surface area contributed by atoms with Crippen molar-refractivity contribution in [3.05, 3.63) is 29.8 Å². The number of benzene rings is 1. The van der Waals surface area contributed by atoms with Gasteiger partial charge in [-0.1, -0.05) is 0 Å². The van der Waals surface area contributed by atoms with Crippen molar-refractivity contribution in [2.45, 2.75) is 25.8 Å². The predicted molar refractivity (Wildman–Crippen MR) is 65.9 cm³/mol. The fourth-order valence-corrected chi connectivity index (χ4v) is 1.91. The highest BCUT2D eigenvalue weighted by molar-refractivity contribution is 6.16. The minimum Gasteiger partial charge on any atom is -0.332 e. The van der Waals surface area contributed by atoms with Gasteiger partial charge >= 0.3 is 6.03 Å². The van der Waals surface area contributed by atoms with E-state index in [-0.39, 0.29) is 12.3 Å². The first kappa shape index (κ1) is 12.1. The van der Waals surface area contributed by atoms with Crippen LogP contribution in [0.25, 0.3) is 0 Å². The molecule has 5 nitrogen and oxygen atoms in total. The highest BCUT2D eigenvalue weighted by Gasteiger charge is 2.37. The molecule has 1 heterocycles. The Hall–Kier alpha value is -2.35. The van der Waals surface area contributed by atoms with Crippen LogP contribution in [0.2, 0.25) is 0 Å². The van der Waals surface area contributed by atoms with E-state index >= 15 is 0 Å². The maximum Gasteiger partial charge on any atom is 0.329 e. The summed E-state index contributed by atoms with van der Waals surface area (Å²) in [5.41, 5.74) is 0.452. The molecule has 0 aliphatic carbocycles. The molecule has 0 unspecified atom stereocenters. The summed E-state index contributed by atoms with van der Waals surface area (Å²) >= 11 is 0. The van der Waals surface area contributed by atoms with Crippen LogP contribution < -0.4 is 10.2 Å². The molecule has 0 bridgehead atoms. The van der Waals surface area contributed by atoms with Crippen LogP contribution >= 0.6 is 0 Å². The lowest BCUT2D eigenvalue weighted by molar-refractivity contribution is -0.119. The molecule has 1 aromatic rings. The van der Waals surface area contributed by atoms with Gasteiger partial charge < -0.3 is 5.32 Å². The number of carbonyl (C=O) groups excluding carboxylic acids is 2. The van der Waals surface area contributed by atoms with Crippen molar-refractivity contribution in [2.75, 3.05) is 4.90 Å². The van der Waals surface area contributed by atoms with E-state index in [9.17, 15) is 9.59 Å². The molecule has 1 fully saturated rings. The lowest BCUT2D eigenvalue weighted by Crippen LogP contribution is -2.59. The van der Waals surface area contributed by atoms with Gasteiger partial charge in [0.1, 0.15) is 0 Å². The molecule has 1 N–H and O–H groups in total. The van der Waals surface area contributed by atoms with Crippen molar-refractivity contribution < 1.29 is 9.59 Å². The molecule has 0 saturated carbocycles. The Labute approximate surface area is 105 Å². The normalized spacial score (nSPS) is 18.2. The lowest BCUT2D eigenvalue weighted by atomic mass is 9.97. The van der Waals surface area contributed by atoms with Crippen LogP contribution in [0.1, 0.15) is 25.8 Å². The zero-order valence-corrected chi connectivity index (χ0v) is 10.2. The van der Waals surface area contributed by atoms with Gasteiger partial charge in [-0.05, 0) is 38.1 Å². The summed E-state index contributed by atoms with van der Waals surface area (Å²) in [5, 5.41) is 11.5. The molecule has 0 aromatic heterocycles. The fourth-order valence-electron chi connectivity index (χ4n) is 1.91. The Bertz CT molecular complexity index is 520. The van der Waals surface area contributed by atoms with Crippen LogP contribution in [0.5, 0.6) is 0 Å². The average molecular weight is 243 g/mol. The summed E-state index contributed by atoms with van der Waals surface area (Å²) in [4.78, 5) is 25.0. The Morgan fingerprint density at radius 2 is 1.89 bits per heavy atom. The number of anilines is 1. The predicted octanol–water partition coefficient (Wildman–Crippen LogP) is 1.78. The molecular weight excluding hydrogens is 230 g/mol. The van der Waals surface area contributed by atoms with Crippen molar-refractivity contribution in [1.82, 2.24) is 5.32 Å². The molecule has 1 aliphatic heterocycles. The molecule has 2 rings (SSSR count). The zero-order valence-electron chi connectivity index (χ0n) is 10.2. The summed E-state index contributed by atoms with van der Waals surface area (Å²) < 4.78 is 0. The number of nitrogens with zero attached hydrogens (tertiary/aromatic N) is 2. The number of rotatable bonds is 1. The number of carbonyl (C=O) groups is 2. The molecule has 1 aromatic carbocycles. The van der Waals surface area contributed by atoms with Crippen molar-refractivity contribution in [3.8, 4) is 6.07 Å². The summed E-state index contributed by atoms with van der Waals surface area (Å²) in [6.45, 7) is 3.61. The molecule has 0 radical (unpaired) electrons. The highest BCUT2D eigenvalue weighted by Crippen LogP contribution is 2.23. The van der Waals surface area contributed by atoms with E-state index in [4.69, 9.17) is 5.26 Å². The van der Waals surface area contributed by atoms with Gasteiger partial charge in [-0.2, -0.15) is 5.26 Å². The van der Waals surface area contributed by atoms with Crippen LogP contribution in [-0.4, -0.2) is 17.5 Å². The molecule has 0 spiro atoms. The number of urea groups is 1. The van der Waals surface area contributed by atoms with Crippen LogP contribution in [0.3, 0.4) is 0 Å². The van der Waals surface area contributed by atoms with Gasteiger partial charge in [0.05, 0.1) is 23.7 Å². The maximum absolute atomic E-state index is 12.0. The number of nitriles is 1. The molecule has 3 amide bonds. The van der Waals surface area contributed by atoms with Gasteiger partial charge in [0.25, 0.3) is 0 Å². The van der Waals surface area contributed by atoms with E-state index in [1.54, 1.807) is 38.1 Å². The second-order valence-electron chi connectivity index (χ2n) is 4.88. The third kappa shape index (κ3) is 2.18. The minimum atomic E-state index is -0.517. The van der Waals surface area contributed by atoms with Gasteiger partial charge in [0.2, 0.25) is 5.91 Å². The zero-order chi connectivity index (χ0) is 13.3. The maximum atomic E-state index is 12.0. The van der Waals surface area contributed by atoms with Crippen molar-refractivity contribution >= 4 is 17.6 Å². The van der Waals surface area contributed by atoms with Gasteiger partial charge in [0, 0.05) is 5.54 Å². The van der Waals surface area contributed by atoms with Crippen LogP contribution in [0.4, 0.5) is 10.5 Å². The second-order valence-corrected chi connectivity index (χ2v) is 4.88. The number of nitrogens with one attached hydrogen (secondary N) is 1. The Balaban J connectivity index is 2.30. The van der Waals surface area contributed by atoms with Crippen molar-refractivity contribution in [2.24, 2.45) is 0 Å². The highest BCUT2D eigenvalue weighted by atomic mass is 16.2. The van der Waals surface area contributed by atoms with E-state index in [2.05, 4.69) is 5.32 Å². The van der Waals surface area contributed by atoms with E-state index in [1.807, 2.05) is 6.07 Å². The third-order valence-corrected chi connectivity index (χ3v) is 2.75. The first-order valence-electron chi connectivity index (χ1n) is 5.58. The molecule has 5 heteroatoms. The van der Waals surface area contributed by atoms with Crippen LogP contribution in [0, 0.1) is 11.3 Å². The minimum absolute atomic E-state index is 0.242. The summed E-state index contributed by atoms with van der Waals surface area (Å²) in [6.07, 6.45) is 0.249. The van der Waals surface area contributed by atoms with E-state index in [1.165, 1.54) is 0 Å². The van der Waals surface area contributed by atoms with Gasteiger partial charge in [-0.25, -0.2) is 9.69 Å². The first-order chi connectivity index (χ1) is 8.43. The van der Waals surface area contributed by atoms with E-state index in [0.29, 0.717) is 11.3 Å². The smallest absolute Gasteiger partial charge is 0.329 e. The number of imide groups is 1. The monoisotopic (exact) mass is 243 g/mol. The van der Waals surface area contributed by atoms with Crippen LogP contribution in [-0.2, 0) is 4.79 Å². The summed E-state index contributed by atoms with van der Waals surface area (Å²) in [5.74, 6) is -0.242. The number of hydrogen-bond donors (Lipinski definition) is 1. The topological polar surface area (TPSA) is 73.2 Å². The van der Waals surface area contributed by atoms with E-state index in [0.717, 1.165) is 4.90 Å². The summed E-state index contributed by atoms with van der Waals surface area (Å²) in [6, 6.07) is 7.90. The quantitative estimate of drug-likeness (QED) is 0.817. The Morgan fingerprint density at radius 3 is 2.39 bits per heavy atom. The number of amides is 3.